The van der Waals surface area contributed by atoms with Crippen molar-refractivity contribution in [3.05, 3.63) is 231 Å². The maximum atomic E-state index is 2.48. The molecule has 0 N–H and O–H groups in total. The zero-order valence-electron chi connectivity index (χ0n) is 37.9. The summed E-state index contributed by atoms with van der Waals surface area (Å²) < 4.78 is 0. The molecule has 0 heterocycles. The molecule has 70 heavy (non-hydrogen) atoms. The molecule has 0 atom stereocenters. The van der Waals surface area contributed by atoms with Crippen LogP contribution in [-0.2, 0) is 0 Å². The Kier molecular flexibility index (Phi) is 7.03. The van der Waals surface area contributed by atoms with Gasteiger partial charge in [-0.1, -0.05) is 231 Å². The van der Waals surface area contributed by atoms with Crippen LogP contribution >= 0.6 is 0 Å². The first-order valence-electron chi connectivity index (χ1n) is 24.6. The lowest BCUT2D eigenvalue weighted by atomic mass is 9.82. The quantitative estimate of drug-likeness (QED) is 0.122. The van der Waals surface area contributed by atoms with E-state index in [1.165, 1.54) is 174 Å². The summed E-state index contributed by atoms with van der Waals surface area (Å²) in [4.78, 5) is 0. The van der Waals surface area contributed by atoms with Crippen LogP contribution in [0.3, 0.4) is 0 Å². The van der Waals surface area contributed by atoms with Crippen molar-refractivity contribution in [2.24, 2.45) is 0 Å². The van der Waals surface area contributed by atoms with Crippen LogP contribution in [0.1, 0.15) is 0 Å². The topological polar surface area (TPSA) is 0 Å². The van der Waals surface area contributed by atoms with E-state index in [-0.39, 0.29) is 0 Å². The maximum Gasteiger partial charge on any atom is -0.000696 e. The predicted octanol–water partition coefficient (Wildman–Crippen LogP) is 19.8. The molecule has 0 unspecified atom stereocenters. The normalized spacial score (nSPS) is 12.6. The zero-order chi connectivity index (χ0) is 45.3. The number of fused-ring (bicyclic) bond motifs is 13. The van der Waals surface area contributed by atoms with Gasteiger partial charge >= 0.3 is 0 Å². The Morgan fingerprint density at radius 2 is 0.486 bits per heavy atom. The van der Waals surface area contributed by atoms with Crippen molar-refractivity contribution in [2.75, 3.05) is 0 Å². The fraction of sp³-hybridized carbons (Fsp3) is 0. The summed E-state index contributed by atoms with van der Waals surface area (Å²) in [6.07, 6.45) is 0. The highest BCUT2D eigenvalue weighted by atomic mass is 14.4. The van der Waals surface area contributed by atoms with Crippen LogP contribution in [0, 0.1) is 0 Å². The molecule has 0 heteroatoms. The van der Waals surface area contributed by atoms with Gasteiger partial charge in [0.05, 0.1) is 0 Å². The van der Waals surface area contributed by atoms with E-state index in [4.69, 9.17) is 0 Å². The third-order valence-corrected chi connectivity index (χ3v) is 16.4. The molecule has 0 aliphatic heterocycles. The monoisotopic (exact) mass is 878 g/mol. The molecule has 0 spiro atoms. The van der Waals surface area contributed by atoms with Gasteiger partial charge in [-0.25, -0.2) is 0 Å². The molecule has 318 valence electrons. The minimum absolute atomic E-state index is 1.23. The summed E-state index contributed by atoms with van der Waals surface area (Å²) in [5.41, 5.74) is 15.5. The summed E-state index contributed by atoms with van der Waals surface area (Å²) in [6.45, 7) is 0. The molecule has 0 bridgehead atoms. The zero-order valence-corrected chi connectivity index (χ0v) is 37.9. The smallest absolute Gasteiger partial charge is 0.000696 e. The Morgan fingerprint density at radius 3 is 1.09 bits per heavy atom. The Bertz CT molecular complexity index is 4750. The second-order valence-electron chi connectivity index (χ2n) is 19.6. The van der Waals surface area contributed by atoms with Gasteiger partial charge in [-0.3, -0.25) is 0 Å². The van der Waals surface area contributed by atoms with Crippen molar-refractivity contribution in [2.45, 2.75) is 0 Å². The van der Waals surface area contributed by atoms with Crippen LogP contribution < -0.4 is 0 Å². The van der Waals surface area contributed by atoms with Crippen LogP contribution in [0.15, 0.2) is 231 Å². The van der Waals surface area contributed by atoms with Crippen LogP contribution in [0.25, 0.3) is 174 Å². The Hall–Kier alpha value is -9.10. The van der Waals surface area contributed by atoms with E-state index >= 15 is 0 Å². The fourth-order valence-corrected chi connectivity index (χ4v) is 13.9. The van der Waals surface area contributed by atoms with E-state index in [0.29, 0.717) is 0 Å². The fourth-order valence-electron chi connectivity index (χ4n) is 13.9. The molecule has 0 saturated heterocycles. The van der Waals surface area contributed by atoms with Gasteiger partial charge in [0.15, 0.2) is 0 Å². The van der Waals surface area contributed by atoms with Gasteiger partial charge in [-0.2, -0.15) is 0 Å². The van der Waals surface area contributed by atoms with Crippen molar-refractivity contribution >= 4 is 108 Å². The molecule has 1 aliphatic carbocycles. The first-order chi connectivity index (χ1) is 34.8. The highest BCUT2D eigenvalue weighted by Gasteiger charge is 2.33. The highest BCUT2D eigenvalue weighted by Crippen LogP contribution is 2.61. The van der Waals surface area contributed by atoms with Crippen molar-refractivity contribution in [3.8, 4) is 66.8 Å². The molecule has 16 aromatic carbocycles. The number of rotatable bonds is 4. The average molecular weight is 879 g/mol. The van der Waals surface area contributed by atoms with E-state index in [0.717, 1.165) is 0 Å². The predicted molar refractivity (Wildman–Crippen MR) is 301 cm³/mol. The van der Waals surface area contributed by atoms with Gasteiger partial charge in [0.1, 0.15) is 0 Å². The van der Waals surface area contributed by atoms with Crippen molar-refractivity contribution in [3.63, 3.8) is 0 Å². The summed E-state index contributed by atoms with van der Waals surface area (Å²) in [5.74, 6) is 0. The third-order valence-electron chi connectivity index (χ3n) is 16.4. The van der Waals surface area contributed by atoms with Crippen LogP contribution in [0.2, 0.25) is 0 Å². The van der Waals surface area contributed by atoms with E-state index < -0.39 is 0 Å². The molecule has 0 radical (unpaired) electrons. The number of hydrogen-bond acceptors (Lipinski definition) is 0. The largest absolute Gasteiger partial charge is 0.0622 e. The molecule has 1 aliphatic rings. The van der Waals surface area contributed by atoms with E-state index in [1.807, 2.05) is 0 Å². The SMILES string of the molecule is c1ccc(-c2ccccc2-c2c3cccc4c5ccccc5c(c34)c3c4ccc5c6ccc7c8c(ccc(c9ccc(c23)c4c95)c86)-c2c-7c(-c3ccccc3)c3ccccc3c2-c2ccccc2)cc1. The van der Waals surface area contributed by atoms with Gasteiger partial charge < -0.3 is 0 Å². The molecule has 0 amide bonds. The highest BCUT2D eigenvalue weighted by molar-refractivity contribution is 6.51. The third kappa shape index (κ3) is 4.48. The molecular formula is C70H38. The van der Waals surface area contributed by atoms with Crippen LogP contribution in [-0.4, -0.2) is 0 Å². The van der Waals surface area contributed by atoms with Crippen LogP contribution in [0.5, 0.6) is 0 Å². The summed E-state index contributed by atoms with van der Waals surface area (Å²) >= 11 is 0. The van der Waals surface area contributed by atoms with Crippen molar-refractivity contribution < 1.29 is 0 Å². The molecule has 0 saturated carbocycles. The molecule has 0 fully saturated rings. The molecule has 0 aromatic heterocycles. The van der Waals surface area contributed by atoms with Gasteiger partial charge in [0.25, 0.3) is 0 Å². The minimum Gasteiger partial charge on any atom is -0.0622 e. The Morgan fingerprint density at radius 1 is 0.129 bits per heavy atom. The lowest BCUT2D eigenvalue weighted by Crippen LogP contribution is -1.93. The minimum atomic E-state index is 1.23. The molecular weight excluding hydrogens is 841 g/mol. The first kappa shape index (κ1) is 37.0. The standard InChI is InChI=1S/C70H38/c1-4-17-39(18-5-1)42-23-10-12-25-44(42)62-53-30-16-29-45-43-24-11-13-26-46(43)66(63(45)53)70-57-38-34-52-50-32-36-55-64-54(35-31-49(60(50)64)51-33-37-56(69(62)70)65(57)61(51)52)67-58(40-19-6-2-7-20-40)47-27-14-15-28-48(47)59(68(55)67)41-21-8-3-9-22-41/h1-38H. The van der Waals surface area contributed by atoms with E-state index in [2.05, 4.69) is 231 Å². The number of hydrogen-bond donors (Lipinski definition) is 0. The van der Waals surface area contributed by atoms with Gasteiger partial charge in [-0.05, 0) is 174 Å². The second kappa shape index (κ2) is 13.3. The molecule has 16 aromatic rings. The van der Waals surface area contributed by atoms with Gasteiger partial charge in [-0.15, -0.1) is 0 Å². The summed E-state index contributed by atoms with van der Waals surface area (Å²) in [6, 6.07) is 87.1. The molecule has 17 rings (SSSR count). The second-order valence-corrected chi connectivity index (χ2v) is 19.6. The lowest BCUT2D eigenvalue weighted by Gasteiger charge is -2.20. The van der Waals surface area contributed by atoms with E-state index in [9.17, 15) is 0 Å². The summed E-state index contributed by atoms with van der Waals surface area (Å²) in [5, 5.41) is 26.7. The van der Waals surface area contributed by atoms with Crippen molar-refractivity contribution in [1.29, 1.82) is 0 Å². The van der Waals surface area contributed by atoms with Crippen molar-refractivity contribution in [1.82, 2.24) is 0 Å². The maximum absolute atomic E-state index is 2.48. The lowest BCUT2D eigenvalue weighted by molar-refractivity contribution is 1.61. The number of benzene rings is 14. The van der Waals surface area contributed by atoms with E-state index in [1.54, 1.807) is 0 Å². The Labute approximate surface area is 402 Å². The molecule has 0 nitrogen and oxygen atoms in total. The summed E-state index contributed by atoms with van der Waals surface area (Å²) in [7, 11) is 0. The van der Waals surface area contributed by atoms with Gasteiger partial charge in [0.2, 0.25) is 0 Å². The van der Waals surface area contributed by atoms with Crippen LogP contribution in [0.4, 0.5) is 0 Å². The van der Waals surface area contributed by atoms with Gasteiger partial charge in [0, 0.05) is 0 Å². The average Bonchev–Trinajstić information content (AvgIpc) is 4.07. The Balaban J connectivity index is 1.04. The first-order valence-corrected chi connectivity index (χ1v) is 24.6.